The number of hydrogen-bond donors (Lipinski definition) is 1. The maximum atomic E-state index is 9.47. The van der Waals surface area contributed by atoms with Crippen LogP contribution in [0, 0.1) is 12.3 Å². The lowest BCUT2D eigenvalue weighted by Gasteiger charge is -2.39. The van der Waals surface area contributed by atoms with E-state index >= 15 is 0 Å². The molecule has 1 heterocycles. The van der Waals surface area contributed by atoms with E-state index in [9.17, 15) is 5.11 Å². The van der Waals surface area contributed by atoms with Crippen LogP contribution in [0.4, 0.5) is 0 Å². The summed E-state index contributed by atoms with van der Waals surface area (Å²) in [5.41, 5.74) is 0. The van der Waals surface area contributed by atoms with Gasteiger partial charge in [0.05, 0.1) is 18.8 Å². The van der Waals surface area contributed by atoms with Gasteiger partial charge in [0, 0.05) is 6.42 Å². The van der Waals surface area contributed by atoms with Crippen LogP contribution in [-0.4, -0.2) is 44.1 Å². The van der Waals surface area contributed by atoms with Gasteiger partial charge < -0.3 is 19.0 Å². The van der Waals surface area contributed by atoms with Crippen LogP contribution in [0.25, 0.3) is 0 Å². The lowest BCUT2D eigenvalue weighted by atomic mass is 10.0. The van der Waals surface area contributed by atoms with E-state index in [0.29, 0.717) is 6.42 Å². The smallest absolute Gasteiger partial charge is 0.192 e. The molecule has 0 spiro atoms. The fraction of sp³-hybridized carbons (Fsp3) is 0.889. The molecule has 0 aromatic heterocycles. The highest BCUT2D eigenvalue weighted by Crippen LogP contribution is 2.38. The Bertz CT molecular complexity index is 420. The van der Waals surface area contributed by atoms with Crippen molar-refractivity contribution in [1.29, 1.82) is 0 Å². The average molecular weight is 343 g/mol. The molecule has 1 aliphatic rings. The Labute approximate surface area is 143 Å². The van der Waals surface area contributed by atoms with Gasteiger partial charge in [0.2, 0.25) is 0 Å². The molecule has 4 nitrogen and oxygen atoms in total. The molecule has 1 saturated heterocycles. The molecular weight excluding hydrogens is 308 g/mol. The summed E-state index contributed by atoms with van der Waals surface area (Å²) in [5.74, 6) is 2.10. The van der Waals surface area contributed by atoms with Crippen molar-refractivity contribution in [2.24, 2.45) is 0 Å². The number of aliphatic hydroxyl groups excluding tert-OH is 1. The van der Waals surface area contributed by atoms with Crippen LogP contribution in [0.5, 0.6) is 0 Å². The fourth-order valence-corrected chi connectivity index (χ4v) is 3.97. The van der Waals surface area contributed by atoms with Crippen LogP contribution < -0.4 is 0 Å². The number of rotatable bonds is 7. The zero-order valence-electron chi connectivity index (χ0n) is 15.8. The Morgan fingerprint density at radius 3 is 2.30 bits per heavy atom. The van der Waals surface area contributed by atoms with Crippen LogP contribution >= 0.6 is 0 Å². The molecule has 1 aliphatic heterocycles. The highest BCUT2D eigenvalue weighted by molar-refractivity contribution is 6.74. The van der Waals surface area contributed by atoms with Gasteiger partial charge in [-0.3, -0.25) is 0 Å². The SMILES string of the molecule is C#CCC(CC[C@@H]1OC(C)(C)O[C@@H]1CO)O[Si](C)(C)C(C)(C)C. The summed E-state index contributed by atoms with van der Waals surface area (Å²) >= 11 is 0. The van der Waals surface area contributed by atoms with Gasteiger partial charge in [-0.1, -0.05) is 20.8 Å². The number of terminal acetylenes is 1. The van der Waals surface area contributed by atoms with Gasteiger partial charge in [-0.05, 0) is 44.8 Å². The molecular formula is C18H34O4Si. The Morgan fingerprint density at radius 1 is 1.26 bits per heavy atom. The van der Waals surface area contributed by atoms with Crippen molar-refractivity contribution in [3.05, 3.63) is 0 Å². The molecule has 23 heavy (non-hydrogen) atoms. The van der Waals surface area contributed by atoms with Gasteiger partial charge in [0.25, 0.3) is 0 Å². The Kier molecular flexibility index (Phi) is 6.89. The molecule has 0 bridgehead atoms. The molecule has 5 heteroatoms. The van der Waals surface area contributed by atoms with Crippen molar-refractivity contribution in [2.45, 2.75) is 96.1 Å². The van der Waals surface area contributed by atoms with Crippen molar-refractivity contribution < 1.29 is 19.0 Å². The van der Waals surface area contributed by atoms with E-state index in [1.807, 2.05) is 13.8 Å². The molecule has 1 rings (SSSR count). The van der Waals surface area contributed by atoms with Crippen molar-refractivity contribution in [2.75, 3.05) is 6.61 Å². The van der Waals surface area contributed by atoms with E-state index in [-0.39, 0.29) is 30.0 Å². The topological polar surface area (TPSA) is 47.9 Å². The fourth-order valence-electron chi connectivity index (χ4n) is 2.59. The molecule has 0 amide bonds. The molecule has 0 radical (unpaired) electrons. The molecule has 1 unspecified atom stereocenters. The predicted molar refractivity (Wildman–Crippen MR) is 95.7 cm³/mol. The van der Waals surface area contributed by atoms with E-state index in [1.54, 1.807) is 0 Å². The third-order valence-corrected chi connectivity index (χ3v) is 9.39. The number of hydrogen-bond acceptors (Lipinski definition) is 4. The molecule has 0 aromatic rings. The Hall–Kier alpha value is -0.383. The summed E-state index contributed by atoms with van der Waals surface area (Å²) in [6, 6.07) is 0. The van der Waals surface area contributed by atoms with E-state index in [0.717, 1.165) is 12.8 Å². The van der Waals surface area contributed by atoms with Gasteiger partial charge in [-0.25, -0.2) is 0 Å². The van der Waals surface area contributed by atoms with Crippen molar-refractivity contribution >= 4 is 8.32 Å². The first-order valence-corrected chi connectivity index (χ1v) is 11.4. The maximum absolute atomic E-state index is 9.47. The van der Waals surface area contributed by atoms with Gasteiger partial charge in [-0.15, -0.1) is 12.3 Å². The van der Waals surface area contributed by atoms with Crippen LogP contribution in [0.3, 0.4) is 0 Å². The van der Waals surface area contributed by atoms with Crippen LogP contribution in [0.1, 0.15) is 53.9 Å². The average Bonchev–Trinajstić information content (AvgIpc) is 2.69. The number of aliphatic hydroxyl groups is 1. The van der Waals surface area contributed by atoms with E-state index in [1.165, 1.54) is 0 Å². The zero-order chi connectivity index (χ0) is 17.9. The van der Waals surface area contributed by atoms with Gasteiger partial charge in [0.15, 0.2) is 14.1 Å². The summed E-state index contributed by atoms with van der Waals surface area (Å²) < 4.78 is 18.1. The second kappa shape index (κ2) is 7.67. The first kappa shape index (κ1) is 20.7. The molecule has 0 aliphatic carbocycles. The lowest BCUT2D eigenvalue weighted by molar-refractivity contribution is -0.149. The first-order valence-electron chi connectivity index (χ1n) is 8.49. The van der Waals surface area contributed by atoms with Crippen molar-refractivity contribution in [3.8, 4) is 12.3 Å². The quantitative estimate of drug-likeness (QED) is 0.566. The molecule has 0 aromatic carbocycles. The third-order valence-electron chi connectivity index (χ3n) is 4.85. The standard InChI is InChI=1S/C18H34O4Si/c1-9-10-14(22-23(7,8)17(2,3)4)11-12-15-16(13-19)21-18(5,6)20-15/h1,14-16,19H,10-13H2,2-8H3/t14?,15-,16+/m0/s1. The maximum Gasteiger partial charge on any atom is 0.192 e. The highest BCUT2D eigenvalue weighted by Gasteiger charge is 2.42. The summed E-state index contributed by atoms with van der Waals surface area (Å²) in [6.45, 7) is 14.9. The third kappa shape index (κ3) is 5.88. The Balaban J connectivity index is 2.65. The van der Waals surface area contributed by atoms with Gasteiger partial charge in [-0.2, -0.15) is 0 Å². The minimum Gasteiger partial charge on any atom is -0.413 e. The first-order chi connectivity index (χ1) is 10.4. The lowest BCUT2D eigenvalue weighted by Crippen LogP contribution is -2.44. The molecule has 134 valence electrons. The molecule has 1 N–H and O–H groups in total. The highest BCUT2D eigenvalue weighted by atomic mass is 28.4. The number of ether oxygens (including phenoxy) is 2. The summed E-state index contributed by atoms with van der Waals surface area (Å²) in [6.07, 6.45) is 7.37. The molecule has 3 atom stereocenters. The summed E-state index contributed by atoms with van der Waals surface area (Å²) in [5, 5.41) is 9.62. The minimum atomic E-state index is -1.85. The minimum absolute atomic E-state index is 0.0308. The van der Waals surface area contributed by atoms with E-state index in [4.69, 9.17) is 20.3 Å². The largest absolute Gasteiger partial charge is 0.413 e. The normalized spacial score (nSPS) is 26.0. The van der Waals surface area contributed by atoms with Crippen LogP contribution in [0.2, 0.25) is 18.1 Å². The van der Waals surface area contributed by atoms with Gasteiger partial charge >= 0.3 is 0 Å². The zero-order valence-corrected chi connectivity index (χ0v) is 16.8. The summed E-state index contributed by atoms with van der Waals surface area (Å²) in [4.78, 5) is 0. The van der Waals surface area contributed by atoms with Crippen molar-refractivity contribution in [3.63, 3.8) is 0 Å². The van der Waals surface area contributed by atoms with Crippen LogP contribution in [-0.2, 0) is 13.9 Å². The molecule has 1 fully saturated rings. The second-order valence-corrected chi connectivity index (χ2v) is 13.1. The van der Waals surface area contributed by atoms with E-state index in [2.05, 4.69) is 39.8 Å². The monoisotopic (exact) mass is 342 g/mol. The van der Waals surface area contributed by atoms with Crippen LogP contribution in [0.15, 0.2) is 0 Å². The molecule has 0 saturated carbocycles. The second-order valence-electron chi connectivity index (χ2n) is 8.38. The summed E-state index contributed by atoms with van der Waals surface area (Å²) in [7, 11) is -1.85. The predicted octanol–water partition coefficient (Wildman–Crippen LogP) is 3.69. The van der Waals surface area contributed by atoms with E-state index < -0.39 is 14.1 Å². The van der Waals surface area contributed by atoms with Crippen molar-refractivity contribution in [1.82, 2.24) is 0 Å². The Morgan fingerprint density at radius 2 is 1.83 bits per heavy atom. The van der Waals surface area contributed by atoms with Gasteiger partial charge in [0.1, 0.15) is 6.10 Å².